The van der Waals surface area contributed by atoms with E-state index in [9.17, 15) is 9.59 Å². The van der Waals surface area contributed by atoms with Crippen molar-refractivity contribution in [1.29, 1.82) is 0 Å². The molecule has 1 aromatic heterocycles. The summed E-state index contributed by atoms with van der Waals surface area (Å²) in [5.41, 5.74) is 0.466. The van der Waals surface area contributed by atoms with Gasteiger partial charge in [-0.2, -0.15) is 0 Å². The molecular formula is C17H20ClN3O3. The van der Waals surface area contributed by atoms with Crippen LogP contribution < -0.4 is 5.32 Å². The van der Waals surface area contributed by atoms with Gasteiger partial charge < -0.3 is 14.7 Å². The predicted molar refractivity (Wildman–Crippen MR) is 92.0 cm³/mol. The first-order valence-corrected chi connectivity index (χ1v) is 8.23. The van der Waals surface area contributed by atoms with Crippen LogP contribution in [0.2, 0.25) is 5.02 Å². The first-order chi connectivity index (χ1) is 11.6. The van der Waals surface area contributed by atoms with Gasteiger partial charge in [-0.1, -0.05) is 42.6 Å². The van der Waals surface area contributed by atoms with Crippen LogP contribution in [0.3, 0.4) is 0 Å². The normalized spacial score (nSPS) is 10.4. The molecule has 0 fully saturated rings. The van der Waals surface area contributed by atoms with Crippen LogP contribution in [0.1, 0.15) is 36.5 Å². The minimum atomic E-state index is -0.323. The lowest BCUT2D eigenvalue weighted by molar-refractivity contribution is -0.117. The van der Waals surface area contributed by atoms with E-state index in [2.05, 4.69) is 21.9 Å². The molecule has 0 saturated carbocycles. The minimum Gasteiger partial charge on any atom is -0.363 e. The highest BCUT2D eigenvalue weighted by atomic mass is 35.5. The second kappa shape index (κ2) is 9.08. The molecule has 2 aromatic rings. The number of hydrogen-bond acceptors (Lipinski definition) is 4. The molecule has 2 amide bonds. The fraction of sp³-hybridized carbons (Fsp3) is 0.353. The number of anilines is 1. The minimum absolute atomic E-state index is 0.0536. The van der Waals surface area contributed by atoms with Gasteiger partial charge in [0.1, 0.15) is 12.8 Å². The van der Waals surface area contributed by atoms with Gasteiger partial charge in [-0.3, -0.25) is 9.59 Å². The molecule has 0 aliphatic carbocycles. The topological polar surface area (TPSA) is 75.4 Å². The van der Waals surface area contributed by atoms with Gasteiger partial charge in [-0.25, -0.2) is 0 Å². The highest BCUT2D eigenvalue weighted by Gasteiger charge is 2.19. The number of aromatic nitrogens is 1. The van der Waals surface area contributed by atoms with E-state index in [1.165, 1.54) is 17.2 Å². The molecule has 0 radical (unpaired) electrons. The average Bonchev–Trinajstić information content (AvgIpc) is 3.06. The number of nitrogens with one attached hydrogen (secondary N) is 1. The zero-order valence-electron chi connectivity index (χ0n) is 13.5. The van der Waals surface area contributed by atoms with Gasteiger partial charge in [0.25, 0.3) is 5.91 Å². The number of hydrogen-bond donors (Lipinski definition) is 1. The molecule has 1 heterocycles. The average molecular weight is 350 g/mol. The number of carbonyl (C=O) groups excluding carboxylic acids is 2. The van der Waals surface area contributed by atoms with Crippen LogP contribution in [0.15, 0.2) is 41.1 Å². The van der Waals surface area contributed by atoms with Crippen molar-refractivity contribution in [3.05, 3.63) is 47.2 Å². The van der Waals surface area contributed by atoms with E-state index >= 15 is 0 Å². The molecule has 2 rings (SSSR count). The Balaban J connectivity index is 2.05. The highest BCUT2D eigenvalue weighted by molar-refractivity contribution is 6.31. The largest absolute Gasteiger partial charge is 0.363 e. The van der Waals surface area contributed by atoms with Crippen molar-refractivity contribution in [1.82, 2.24) is 10.1 Å². The summed E-state index contributed by atoms with van der Waals surface area (Å²) < 4.78 is 4.67. The first kappa shape index (κ1) is 18.0. The third-order valence-electron chi connectivity index (χ3n) is 3.43. The first-order valence-electron chi connectivity index (χ1n) is 7.85. The molecule has 7 heteroatoms. The number of rotatable bonds is 8. The molecular weight excluding hydrogens is 330 g/mol. The number of halogens is 1. The van der Waals surface area contributed by atoms with E-state index in [4.69, 9.17) is 11.6 Å². The van der Waals surface area contributed by atoms with Crippen LogP contribution in [-0.2, 0) is 4.79 Å². The zero-order chi connectivity index (χ0) is 17.4. The molecule has 0 atom stereocenters. The molecule has 6 nitrogen and oxygen atoms in total. The van der Waals surface area contributed by atoms with Crippen LogP contribution in [0, 0.1) is 0 Å². The summed E-state index contributed by atoms with van der Waals surface area (Å²) in [7, 11) is 0. The van der Waals surface area contributed by atoms with E-state index in [1.807, 2.05) is 0 Å². The Bertz CT molecular complexity index is 673. The molecule has 0 saturated heterocycles. The van der Waals surface area contributed by atoms with Gasteiger partial charge in [-0.05, 0) is 24.6 Å². The molecule has 0 aliphatic heterocycles. The van der Waals surface area contributed by atoms with Crippen molar-refractivity contribution in [2.24, 2.45) is 0 Å². The van der Waals surface area contributed by atoms with E-state index in [-0.39, 0.29) is 18.4 Å². The predicted octanol–water partition coefficient (Wildman–Crippen LogP) is 3.60. The van der Waals surface area contributed by atoms with Crippen molar-refractivity contribution in [2.45, 2.75) is 26.2 Å². The van der Waals surface area contributed by atoms with E-state index in [0.29, 0.717) is 22.9 Å². The van der Waals surface area contributed by atoms with Crippen molar-refractivity contribution in [3.8, 4) is 0 Å². The van der Waals surface area contributed by atoms with E-state index in [1.54, 1.807) is 24.3 Å². The summed E-state index contributed by atoms with van der Waals surface area (Å²) in [4.78, 5) is 26.4. The summed E-state index contributed by atoms with van der Waals surface area (Å²) in [6.07, 6.45) is 4.22. The summed E-state index contributed by atoms with van der Waals surface area (Å²) >= 11 is 5.95. The van der Waals surface area contributed by atoms with E-state index in [0.717, 1.165) is 19.3 Å². The van der Waals surface area contributed by atoms with Gasteiger partial charge in [-0.15, -0.1) is 0 Å². The van der Waals surface area contributed by atoms with Crippen molar-refractivity contribution in [3.63, 3.8) is 0 Å². The second-order valence-corrected chi connectivity index (χ2v) is 5.81. The Labute approximate surface area is 145 Å². The third kappa shape index (κ3) is 5.38. The maximum Gasteiger partial charge on any atom is 0.254 e. The fourth-order valence-electron chi connectivity index (χ4n) is 2.24. The quantitative estimate of drug-likeness (QED) is 0.739. The molecule has 1 N–H and O–H groups in total. The summed E-state index contributed by atoms with van der Waals surface area (Å²) in [5, 5.41) is 6.71. The van der Waals surface area contributed by atoms with Gasteiger partial charge in [0.2, 0.25) is 5.91 Å². The van der Waals surface area contributed by atoms with Gasteiger partial charge in [0, 0.05) is 23.2 Å². The van der Waals surface area contributed by atoms with Crippen LogP contribution in [0.5, 0.6) is 0 Å². The smallest absolute Gasteiger partial charge is 0.254 e. The monoisotopic (exact) mass is 349 g/mol. The number of nitrogens with zero attached hydrogens (tertiary/aromatic N) is 2. The van der Waals surface area contributed by atoms with Gasteiger partial charge >= 0.3 is 0 Å². The molecule has 0 bridgehead atoms. The maximum atomic E-state index is 12.7. The number of carbonyl (C=O) groups is 2. The van der Waals surface area contributed by atoms with Crippen LogP contribution in [0.25, 0.3) is 0 Å². The SMILES string of the molecule is CCCCCN(CC(=O)Nc1ccon1)C(=O)c1cccc(Cl)c1. The summed E-state index contributed by atoms with van der Waals surface area (Å²) in [6, 6.07) is 8.26. The van der Waals surface area contributed by atoms with Crippen LogP contribution in [0.4, 0.5) is 5.82 Å². The Morgan fingerprint density at radius 1 is 1.29 bits per heavy atom. The lowest BCUT2D eigenvalue weighted by Crippen LogP contribution is -2.38. The van der Waals surface area contributed by atoms with Crippen molar-refractivity contribution < 1.29 is 14.1 Å². The molecule has 0 unspecified atom stereocenters. The number of benzene rings is 1. The van der Waals surface area contributed by atoms with Crippen LogP contribution in [-0.4, -0.2) is 35.0 Å². The lowest BCUT2D eigenvalue weighted by atomic mass is 10.1. The number of unbranched alkanes of at least 4 members (excludes halogenated alkanes) is 2. The molecule has 0 spiro atoms. The summed E-state index contributed by atoms with van der Waals surface area (Å²) in [5.74, 6) is -0.219. The van der Waals surface area contributed by atoms with Crippen LogP contribution >= 0.6 is 11.6 Å². The molecule has 24 heavy (non-hydrogen) atoms. The maximum absolute atomic E-state index is 12.7. The Hall–Kier alpha value is -2.34. The third-order valence-corrected chi connectivity index (χ3v) is 3.67. The van der Waals surface area contributed by atoms with Gasteiger partial charge in [0.05, 0.1) is 0 Å². The Morgan fingerprint density at radius 2 is 2.12 bits per heavy atom. The Kier molecular flexibility index (Phi) is 6.81. The fourth-order valence-corrected chi connectivity index (χ4v) is 2.43. The van der Waals surface area contributed by atoms with Gasteiger partial charge in [0.15, 0.2) is 5.82 Å². The van der Waals surface area contributed by atoms with E-state index < -0.39 is 0 Å². The molecule has 1 aromatic carbocycles. The lowest BCUT2D eigenvalue weighted by Gasteiger charge is -2.22. The molecule has 0 aliphatic rings. The number of amides is 2. The van der Waals surface area contributed by atoms with Crippen molar-refractivity contribution in [2.75, 3.05) is 18.4 Å². The highest BCUT2D eigenvalue weighted by Crippen LogP contribution is 2.14. The second-order valence-electron chi connectivity index (χ2n) is 5.38. The molecule has 128 valence electrons. The van der Waals surface area contributed by atoms with Crippen molar-refractivity contribution >= 4 is 29.2 Å². The summed E-state index contributed by atoms with van der Waals surface area (Å²) in [6.45, 7) is 2.54. The standard InChI is InChI=1S/C17H20ClN3O3/c1-2-3-4-9-21(12-16(22)19-15-8-10-24-20-15)17(23)13-6-5-7-14(18)11-13/h5-8,10-11H,2-4,9,12H2,1H3,(H,19,20,22). The zero-order valence-corrected chi connectivity index (χ0v) is 14.3. The Morgan fingerprint density at radius 3 is 2.79 bits per heavy atom.